The molecule has 2 aliphatic rings. The second kappa shape index (κ2) is 16.6. The van der Waals surface area contributed by atoms with Gasteiger partial charge in [0, 0.05) is 77.4 Å². The van der Waals surface area contributed by atoms with Crippen LogP contribution in [0.3, 0.4) is 0 Å². The Labute approximate surface area is 343 Å². The predicted octanol–water partition coefficient (Wildman–Crippen LogP) is 4.27. The average molecular weight is 815 g/mol. The van der Waals surface area contributed by atoms with Gasteiger partial charge in [-0.25, -0.2) is 29.1 Å². The van der Waals surface area contributed by atoms with E-state index in [1.807, 2.05) is 36.5 Å². The number of imide groups is 1. The zero-order chi connectivity index (χ0) is 42.1. The third kappa shape index (κ3) is 7.83. The van der Waals surface area contributed by atoms with E-state index < -0.39 is 17.8 Å². The van der Waals surface area contributed by atoms with Gasteiger partial charge in [-0.2, -0.15) is 0 Å². The number of para-hydroxylation sites is 1. The van der Waals surface area contributed by atoms with E-state index in [0.717, 1.165) is 48.7 Å². The van der Waals surface area contributed by atoms with Gasteiger partial charge in [-0.1, -0.05) is 12.1 Å². The monoisotopic (exact) mass is 814 g/mol. The molecule has 8 rings (SSSR count). The molecule has 0 bridgehead atoms. The first-order chi connectivity index (χ1) is 29.0. The summed E-state index contributed by atoms with van der Waals surface area (Å²) in [5.41, 5.74) is 4.88. The molecule has 6 heterocycles. The fourth-order valence-electron chi connectivity index (χ4n) is 7.84. The second-order valence-corrected chi connectivity index (χ2v) is 14.7. The number of nitrogens with one attached hydrogen (secondary N) is 4. The molecule has 18 heteroatoms. The number of amides is 3. The van der Waals surface area contributed by atoms with Crippen LogP contribution in [0.25, 0.3) is 22.4 Å². The minimum Gasteiger partial charge on any atom is -0.494 e. The molecule has 0 saturated carbocycles. The maximum Gasteiger partial charge on any atom is 0.329 e. The predicted molar refractivity (Wildman–Crippen MR) is 223 cm³/mol. The van der Waals surface area contributed by atoms with Crippen LogP contribution in [0.15, 0.2) is 84.2 Å². The number of likely N-dealkylation sites (tertiary alicyclic amines) is 1. The van der Waals surface area contributed by atoms with E-state index in [0.29, 0.717) is 51.9 Å². The summed E-state index contributed by atoms with van der Waals surface area (Å²) in [6, 6.07) is 16.3. The van der Waals surface area contributed by atoms with Crippen molar-refractivity contribution in [2.75, 3.05) is 49.8 Å². The standard InChI is InChI=1S/C42H43FN12O5/c1-44-40(57)29-21-46-36(17-31(29)49-30-7-5-6-28(38(30)60-4)39-47-19-25(43)20-48-39)50-35-12-8-24(18-45-35)22-54-15-14-27(23-54)52(2)26-9-10-32-34(16-26)53(3)42(59)55(32)33-11-13-37(56)51-41(33)58/h5-10,12,16-21,27,33H,11,13-15,22-23H2,1-4H3,(H,44,57)(H,51,56,58)(H2,45,46,49,50). The number of halogens is 1. The lowest BCUT2D eigenvalue weighted by atomic mass is 10.1. The molecule has 2 unspecified atom stereocenters. The molecule has 0 aliphatic carbocycles. The van der Waals surface area contributed by atoms with Crippen molar-refractivity contribution in [2.24, 2.45) is 7.05 Å². The van der Waals surface area contributed by atoms with Crippen LogP contribution in [0.4, 0.5) is 33.1 Å². The summed E-state index contributed by atoms with van der Waals surface area (Å²) < 4.78 is 22.3. The third-order valence-electron chi connectivity index (χ3n) is 11.0. The van der Waals surface area contributed by atoms with Crippen LogP contribution in [0.5, 0.6) is 5.75 Å². The summed E-state index contributed by atoms with van der Waals surface area (Å²) in [5.74, 6) is 0.00586. The Balaban J connectivity index is 0.926. The number of hydrogen-bond acceptors (Lipinski definition) is 13. The number of piperidine rings is 1. The molecule has 4 N–H and O–H groups in total. The Hall–Kier alpha value is -7.21. The third-order valence-corrected chi connectivity index (χ3v) is 11.0. The number of imidazole rings is 1. The molecule has 0 radical (unpaired) electrons. The quantitative estimate of drug-likeness (QED) is 0.128. The lowest BCUT2D eigenvalue weighted by Gasteiger charge is -2.27. The summed E-state index contributed by atoms with van der Waals surface area (Å²) in [4.78, 5) is 72.4. The molecule has 0 spiro atoms. The van der Waals surface area contributed by atoms with E-state index in [-0.39, 0.29) is 42.2 Å². The van der Waals surface area contributed by atoms with E-state index in [4.69, 9.17) is 4.74 Å². The minimum atomic E-state index is -0.730. The van der Waals surface area contributed by atoms with Gasteiger partial charge >= 0.3 is 5.69 Å². The van der Waals surface area contributed by atoms with Gasteiger partial charge in [0.1, 0.15) is 17.7 Å². The summed E-state index contributed by atoms with van der Waals surface area (Å²) in [6.07, 6.45) is 6.88. The number of aromatic nitrogens is 6. The summed E-state index contributed by atoms with van der Waals surface area (Å²) in [5, 5.41) is 11.5. The molecule has 2 aromatic carbocycles. The molecule has 2 aliphatic heterocycles. The normalized spacial score (nSPS) is 16.8. The van der Waals surface area contributed by atoms with Gasteiger partial charge in [0.2, 0.25) is 11.8 Å². The number of anilines is 5. The highest BCUT2D eigenvalue weighted by Crippen LogP contribution is 2.37. The second-order valence-electron chi connectivity index (χ2n) is 14.7. The van der Waals surface area contributed by atoms with Gasteiger partial charge in [-0.15, -0.1) is 0 Å². The van der Waals surface area contributed by atoms with E-state index >= 15 is 0 Å². The average Bonchev–Trinajstić information content (AvgIpc) is 3.82. The number of carbonyl (C=O) groups excluding carboxylic acids is 3. The van der Waals surface area contributed by atoms with Crippen LogP contribution in [0, 0.1) is 5.82 Å². The Kier molecular flexibility index (Phi) is 10.9. The molecule has 2 fully saturated rings. The van der Waals surface area contributed by atoms with Crippen molar-refractivity contribution in [1.82, 2.24) is 44.6 Å². The van der Waals surface area contributed by atoms with Crippen LogP contribution in [0.2, 0.25) is 0 Å². The van der Waals surface area contributed by atoms with E-state index in [9.17, 15) is 23.6 Å². The Bertz CT molecular complexity index is 2670. The highest BCUT2D eigenvalue weighted by molar-refractivity contribution is 6.01. The number of rotatable bonds is 12. The van der Waals surface area contributed by atoms with Gasteiger partial charge in [-0.3, -0.25) is 33.7 Å². The summed E-state index contributed by atoms with van der Waals surface area (Å²) >= 11 is 0. The molecule has 17 nitrogen and oxygen atoms in total. The molecule has 4 aromatic heterocycles. The molecular formula is C42H43FN12O5. The smallest absolute Gasteiger partial charge is 0.329 e. The number of carbonyl (C=O) groups is 3. The maximum absolute atomic E-state index is 13.5. The van der Waals surface area contributed by atoms with E-state index in [1.54, 1.807) is 35.9 Å². The van der Waals surface area contributed by atoms with E-state index in [2.05, 4.69) is 58.1 Å². The number of pyridine rings is 2. The summed E-state index contributed by atoms with van der Waals surface area (Å²) in [7, 11) is 6.80. The molecular weight excluding hydrogens is 772 g/mol. The lowest BCUT2D eigenvalue weighted by molar-refractivity contribution is -0.135. The first kappa shape index (κ1) is 39.6. The first-order valence-electron chi connectivity index (χ1n) is 19.4. The van der Waals surface area contributed by atoms with Gasteiger partial charge in [-0.05, 0) is 54.8 Å². The Morgan fingerprint density at radius 2 is 1.73 bits per heavy atom. The van der Waals surface area contributed by atoms with Crippen LogP contribution in [-0.4, -0.2) is 92.0 Å². The van der Waals surface area contributed by atoms with Crippen molar-refractivity contribution in [3.05, 3.63) is 107 Å². The maximum atomic E-state index is 13.5. The SMILES string of the molecule is CNC(=O)c1cnc(Nc2ccc(CN3CCC(N(C)c4ccc5c(c4)n(C)c(=O)n5C4CCC(=O)NC4=O)C3)cn2)cc1Nc1cccc(-c2ncc(F)cn2)c1OC. The Morgan fingerprint density at radius 1 is 0.933 bits per heavy atom. The number of fused-ring (bicyclic) bond motifs is 1. The van der Waals surface area contributed by atoms with Gasteiger partial charge in [0.15, 0.2) is 17.4 Å². The highest BCUT2D eigenvalue weighted by atomic mass is 19.1. The molecule has 2 atom stereocenters. The molecule has 60 heavy (non-hydrogen) atoms. The van der Waals surface area contributed by atoms with E-state index in [1.165, 1.54) is 24.9 Å². The van der Waals surface area contributed by atoms with Crippen molar-refractivity contribution >= 4 is 57.5 Å². The van der Waals surface area contributed by atoms with Gasteiger partial charge < -0.3 is 25.6 Å². The number of ether oxygens (including phenoxy) is 1. The topological polar surface area (TPSA) is 194 Å². The molecule has 3 amide bonds. The fraction of sp³-hybridized carbons (Fsp3) is 0.286. The highest BCUT2D eigenvalue weighted by Gasteiger charge is 2.32. The Morgan fingerprint density at radius 3 is 2.47 bits per heavy atom. The zero-order valence-corrected chi connectivity index (χ0v) is 33.4. The number of likely N-dealkylation sites (N-methyl/N-ethyl adjacent to an activating group) is 1. The van der Waals surface area contributed by atoms with Crippen molar-refractivity contribution in [1.29, 1.82) is 0 Å². The molecule has 6 aromatic rings. The number of aryl methyl sites for hydroxylation is 1. The van der Waals surface area contributed by atoms with Crippen LogP contribution in [0.1, 0.15) is 41.2 Å². The number of hydrogen-bond donors (Lipinski definition) is 4. The minimum absolute atomic E-state index is 0.189. The lowest BCUT2D eigenvalue weighted by Crippen LogP contribution is -2.44. The largest absolute Gasteiger partial charge is 0.494 e. The van der Waals surface area contributed by atoms with Crippen LogP contribution < -0.4 is 36.6 Å². The van der Waals surface area contributed by atoms with Crippen molar-refractivity contribution in [2.45, 2.75) is 37.9 Å². The zero-order valence-electron chi connectivity index (χ0n) is 33.4. The van der Waals surface area contributed by atoms with Crippen molar-refractivity contribution < 1.29 is 23.5 Å². The molecule has 2 saturated heterocycles. The van der Waals surface area contributed by atoms with Crippen molar-refractivity contribution in [3.8, 4) is 17.1 Å². The number of nitrogens with zero attached hydrogens (tertiary/aromatic N) is 8. The van der Waals surface area contributed by atoms with Crippen LogP contribution >= 0.6 is 0 Å². The van der Waals surface area contributed by atoms with Gasteiger partial charge in [0.25, 0.3) is 5.91 Å². The number of benzene rings is 2. The van der Waals surface area contributed by atoms with Crippen molar-refractivity contribution in [3.63, 3.8) is 0 Å². The van der Waals surface area contributed by atoms with Crippen LogP contribution in [-0.2, 0) is 23.2 Å². The molecule has 308 valence electrons. The fourth-order valence-corrected chi connectivity index (χ4v) is 7.84. The first-order valence-corrected chi connectivity index (χ1v) is 19.4. The number of methoxy groups -OCH3 is 1. The van der Waals surface area contributed by atoms with Gasteiger partial charge in [0.05, 0.1) is 53.0 Å². The summed E-state index contributed by atoms with van der Waals surface area (Å²) in [6.45, 7) is 2.42.